The van der Waals surface area contributed by atoms with E-state index in [0.29, 0.717) is 0 Å². The lowest BCUT2D eigenvalue weighted by atomic mass is 10.4. The maximum Gasteiger partial charge on any atom is 0.371 e. The molecule has 0 spiro atoms. The van der Waals surface area contributed by atoms with Crippen molar-refractivity contribution in [3.05, 3.63) is 23.7 Å². The van der Waals surface area contributed by atoms with Crippen LogP contribution in [0.5, 0.6) is 0 Å². The second-order valence-corrected chi connectivity index (χ2v) is 2.84. The molecule has 0 unspecified atom stereocenters. The minimum atomic E-state index is -1.28. The van der Waals surface area contributed by atoms with Crippen molar-refractivity contribution in [2.24, 2.45) is 0 Å². The highest BCUT2D eigenvalue weighted by molar-refractivity contribution is 5.88. The standard InChI is InChI=1S/C6H4O5.C3H7NO/c7-5(8)3-1-2-4(11-3)6(9)10;1-4(2)3-5/h1-2H,(H,7,8)(H,9,10);3H,1-2H3. The van der Waals surface area contributed by atoms with Gasteiger partial charge in [-0.25, -0.2) is 9.59 Å². The van der Waals surface area contributed by atoms with Crippen molar-refractivity contribution in [1.29, 1.82) is 0 Å². The lowest BCUT2D eigenvalue weighted by molar-refractivity contribution is -0.115. The molecule has 7 heteroatoms. The maximum absolute atomic E-state index is 10.2. The van der Waals surface area contributed by atoms with E-state index in [4.69, 9.17) is 10.2 Å². The molecule has 16 heavy (non-hydrogen) atoms. The molecule has 1 heterocycles. The van der Waals surface area contributed by atoms with Crippen molar-refractivity contribution in [2.45, 2.75) is 0 Å². The minimum Gasteiger partial charge on any atom is -0.475 e. The maximum atomic E-state index is 10.2. The fourth-order valence-corrected chi connectivity index (χ4v) is 0.568. The van der Waals surface area contributed by atoms with Crippen LogP contribution >= 0.6 is 0 Å². The molecule has 0 atom stereocenters. The number of amides is 1. The zero-order chi connectivity index (χ0) is 12.7. The molecule has 7 nitrogen and oxygen atoms in total. The lowest BCUT2D eigenvalue weighted by Gasteiger charge is -1.93. The average Bonchev–Trinajstić information content (AvgIpc) is 2.67. The number of furan rings is 1. The third-order valence-corrected chi connectivity index (χ3v) is 1.24. The summed E-state index contributed by atoms with van der Waals surface area (Å²) in [7, 11) is 3.38. The molecule has 0 fully saturated rings. The Balaban J connectivity index is 0.000000385. The van der Waals surface area contributed by atoms with Crippen molar-refractivity contribution in [3.63, 3.8) is 0 Å². The normalized spacial score (nSPS) is 8.62. The summed E-state index contributed by atoms with van der Waals surface area (Å²) in [6.45, 7) is 0. The number of carbonyl (C=O) groups excluding carboxylic acids is 1. The molecule has 0 saturated carbocycles. The fraction of sp³-hybridized carbons (Fsp3) is 0.222. The summed E-state index contributed by atoms with van der Waals surface area (Å²) in [4.78, 5) is 31.2. The first-order chi connectivity index (χ1) is 7.38. The predicted octanol–water partition coefficient (Wildman–Crippen LogP) is 0.380. The summed E-state index contributed by atoms with van der Waals surface area (Å²) in [5.41, 5.74) is 0. The van der Waals surface area contributed by atoms with Crippen LogP contribution in [0.3, 0.4) is 0 Å². The molecule has 1 rings (SSSR count). The van der Waals surface area contributed by atoms with Gasteiger partial charge in [0.2, 0.25) is 17.9 Å². The van der Waals surface area contributed by atoms with E-state index in [-0.39, 0.29) is 11.5 Å². The summed E-state index contributed by atoms with van der Waals surface area (Å²) >= 11 is 0. The molecule has 2 N–H and O–H groups in total. The van der Waals surface area contributed by atoms with E-state index < -0.39 is 11.9 Å². The third-order valence-electron chi connectivity index (χ3n) is 1.24. The fourth-order valence-electron chi connectivity index (χ4n) is 0.568. The van der Waals surface area contributed by atoms with E-state index in [1.54, 1.807) is 14.1 Å². The number of hydrogen-bond donors (Lipinski definition) is 2. The van der Waals surface area contributed by atoms with Crippen LogP contribution in [0.25, 0.3) is 0 Å². The number of carboxylic acid groups (broad SMARTS) is 2. The molecule has 0 aliphatic rings. The van der Waals surface area contributed by atoms with Crippen LogP contribution < -0.4 is 0 Å². The van der Waals surface area contributed by atoms with Crippen LogP contribution in [0.1, 0.15) is 21.1 Å². The zero-order valence-corrected chi connectivity index (χ0v) is 8.71. The molecule has 0 radical (unpaired) electrons. The van der Waals surface area contributed by atoms with Crippen LogP contribution in [0.4, 0.5) is 0 Å². The Morgan fingerprint density at radius 1 is 1.19 bits per heavy atom. The molecule has 0 aliphatic carbocycles. The summed E-state index contributed by atoms with van der Waals surface area (Å²) < 4.78 is 4.41. The number of rotatable bonds is 3. The Morgan fingerprint density at radius 3 is 1.62 bits per heavy atom. The molecule has 0 aliphatic heterocycles. The van der Waals surface area contributed by atoms with Gasteiger partial charge in [0.05, 0.1) is 0 Å². The Labute approximate surface area is 90.9 Å². The first kappa shape index (κ1) is 13.7. The molecular formula is C9H11NO6. The topological polar surface area (TPSA) is 108 Å². The van der Waals surface area contributed by atoms with E-state index in [2.05, 4.69) is 4.42 Å². The number of nitrogens with zero attached hydrogens (tertiary/aromatic N) is 1. The van der Waals surface area contributed by atoms with Crippen molar-refractivity contribution >= 4 is 18.3 Å². The number of carboxylic acids is 2. The summed E-state index contributed by atoms with van der Waals surface area (Å²) in [5.74, 6) is -3.31. The summed E-state index contributed by atoms with van der Waals surface area (Å²) in [6, 6.07) is 2.18. The van der Waals surface area contributed by atoms with E-state index in [0.717, 1.165) is 18.5 Å². The highest BCUT2D eigenvalue weighted by Crippen LogP contribution is 2.06. The van der Waals surface area contributed by atoms with E-state index in [1.165, 1.54) is 4.90 Å². The Kier molecular flexibility index (Phi) is 5.33. The number of carbonyl (C=O) groups is 3. The largest absolute Gasteiger partial charge is 0.475 e. The van der Waals surface area contributed by atoms with Crippen LogP contribution in [0.15, 0.2) is 16.5 Å². The van der Waals surface area contributed by atoms with Crippen molar-refractivity contribution in [3.8, 4) is 0 Å². The molecule has 1 aromatic rings. The van der Waals surface area contributed by atoms with E-state index in [9.17, 15) is 14.4 Å². The molecule has 88 valence electrons. The van der Waals surface area contributed by atoms with Crippen molar-refractivity contribution in [1.82, 2.24) is 4.90 Å². The van der Waals surface area contributed by atoms with Gasteiger partial charge in [0.15, 0.2) is 0 Å². The molecule has 1 amide bonds. The van der Waals surface area contributed by atoms with Crippen LogP contribution in [-0.4, -0.2) is 47.6 Å². The smallest absolute Gasteiger partial charge is 0.371 e. The monoisotopic (exact) mass is 229 g/mol. The van der Waals surface area contributed by atoms with Gasteiger partial charge < -0.3 is 19.5 Å². The molecular weight excluding hydrogens is 218 g/mol. The molecule has 0 bridgehead atoms. The van der Waals surface area contributed by atoms with Crippen LogP contribution in [0, 0.1) is 0 Å². The van der Waals surface area contributed by atoms with Crippen molar-refractivity contribution < 1.29 is 29.0 Å². The van der Waals surface area contributed by atoms with E-state index in [1.807, 2.05) is 0 Å². The Morgan fingerprint density at radius 2 is 1.50 bits per heavy atom. The average molecular weight is 229 g/mol. The predicted molar refractivity (Wildman–Crippen MR) is 52.4 cm³/mol. The number of hydrogen-bond acceptors (Lipinski definition) is 4. The third kappa shape index (κ3) is 4.80. The van der Waals surface area contributed by atoms with Gasteiger partial charge in [0, 0.05) is 14.1 Å². The van der Waals surface area contributed by atoms with Gasteiger partial charge in [-0.2, -0.15) is 0 Å². The highest BCUT2D eigenvalue weighted by Gasteiger charge is 2.12. The SMILES string of the molecule is CN(C)C=O.O=C(O)c1ccc(C(=O)O)o1. The zero-order valence-electron chi connectivity index (χ0n) is 8.71. The summed E-state index contributed by atoms with van der Waals surface area (Å²) in [5, 5.41) is 16.6. The van der Waals surface area contributed by atoms with Gasteiger partial charge in [-0.1, -0.05) is 0 Å². The van der Waals surface area contributed by atoms with Gasteiger partial charge in [-0.15, -0.1) is 0 Å². The van der Waals surface area contributed by atoms with Gasteiger partial charge in [-0.05, 0) is 12.1 Å². The number of aromatic carboxylic acids is 2. The quantitative estimate of drug-likeness (QED) is 0.725. The first-order valence-corrected chi connectivity index (χ1v) is 4.06. The second-order valence-electron chi connectivity index (χ2n) is 2.84. The van der Waals surface area contributed by atoms with Crippen LogP contribution in [0.2, 0.25) is 0 Å². The van der Waals surface area contributed by atoms with Gasteiger partial charge in [-0.3, -0.25) is 4.79 Å². The Hall–Kier alpha value is -2.31. The first-order valence-electron chi connectivity index (χ1n) is 4.06. The van der Waals surface area contributed by atoms with Gasteiger partial charge in [0.25, 0.3) is 0 Å². The van der Waals surface area contributed by atoms with Gasteiger partial charge >= 0.3 is 11.9 Å². The van der Waals surface area contributed by atoms with Gasteiger partial charge in [0.1, 0.15) is 0 Å². The summed E-state index contributed by atoms with van der Waals surface area (Å²) in [6.07, 6.45) is 0.750. The molecule has 0 aromatic carbocycles. The second kappa shape index (κ2) is 6.23. The molecule has 1 aromatic heterocycles. The molecule has 0 saturated heterocycles. The minimum absolute atomic E-state index is 0.373. The van der Waals surface area contributed by atoms with Crippen LogP contribution in [-0.2, 0) is 4.79 Å². The highest BCUT2D eigenvalue weighted by atomic mass is 16.4. The van der Waals surface area contributed by atoms with Crippen molar-refractivity contribution in [2.75, 3.05) is 14.1 Å². The lowest BCUT2D eigenvalue weighted by Crippen LogP contribution is -2.06. The van der Waals surface area contributed by atoms with E-state index >= 15 is 0 Å². The Bertz CT molecular complexity index is 353.